The molecule has 2 unspecified atom stereocenters. The maximum Gasteiger partial charge on any atom is 0.329 e. The Bertz CT molecular complexity index is 937. The van der Waals surface area contributed by atoms with Crippen LogP contribution in [0.2, 0.25) is 0 Å². The fourth-order valence-electron chi connectivity index (χ4n) is 3.50. The number of esters is 1. The number of amides is 2. The zero-order valence-electron chi connectivity index (χ0n) is 17.2. The van der Waals surface area contributed by atoms with Crippen molar-refractivity contribution >= 4 is 17.8 Å². The van der Waals surface area contributed by atoms with E-state index in [-0.39, 0.29) is 30.9 Å². The van der Waals surface area contributed by atoms with E-state index in [0.29, 0.717) is 6.54 Å². The van der Waals surface area contributed by atoms with E-state index in [4.69, 9.17) is 4.74 Å². The van der Waals surface area contributed by atoms with Gasteiger partial charge < -0.3 is 19.6 Å². The Balaban J connectivity index is 1.56. The van der Waals surface area contributed by atoms with Gasteiger partial charge in [0.15, 0.2) is 6.61 Å². The number of nitrogens with zero attached hydrogens (tertiary/aromatic N) is 2. The van der Waals surface area contributed by atoms with Gasteiger partial charge in [-0.15, -0.1) is 0 Å². The monoisotopic (exact) mass is 428 g/mol. The maximum absolute atomic E-state index is 13.9. The van der Waals surface area contributed by atoms with E-state index in [2.05, 4.69) is 0 Å². The first kappa shape index (κ1) is 22.4. The second-order valence-electron chi connectivity index (χ2n) is 7.56. The van der Waals surface area contributed by atoms with Crippen LogP contribution in [0, 0.1) is 5.82 Å². The third-order valence-electron chi connectivity index (χ3n) is 5.20. The maximum atomic E-state index is 13.9. The number of likely N-dealkylation sites (N-methyl/N-ethyl adjacent to an activating group) is 1. The molecule has 164 valence electrons. The number of carbonyl (C=O) groups excluding carboxylic acids is 3. The Labute approximate surface area is 180 Å². The van der Waals surface area contributed by atoms with Crippen LogP contribution in [0.3, 0.4) is 0 Å². The number of likely N-dealkylation sites (tertiary alicyclic amines) is 1. The zero-order chi connectivity index (χ0) is 22.4. The Morgan fingerprint density at radius 1 is 1.13 bits per heavy atom. The molecule has 0 bridgehead atoms. The lowest BCUT2D eigenvalue weighted by molar-refractivity contribution is -0.157. The van der Waals surface area contributed by atoms with Crippen molar-refractivity contribution in [3.05, 3.63) is 71.5 Å². The summed E-state index contributed by atoms with van der Waals surface area (Å²) in [6, 6.07) is 14.3. The molecule has 31 heavy (non-hydrogen) atoms. The van der Waals surface area contributed by atoms with Crippen LogP contribution in [0.4, 0.5) is 4.39 Å². The van der Waals surface area contributed by atoms with Crippen LogP contribution in [0.15, 0.2) is 54.6 Å². The predicted octanol–water partition coefficient (Wildman–Crippen LogP) is 1.53. The van der Waals surface area contributed by atoms with Crippen molar-refractivity contribution in [3.63, 3.8) is 0 Å². The molecule has 7 nitrogen and oxygen atoms in total. The lowest BCUT2D eigenvalue weighted by atomic mass is 10.1. The molecule has 0 spiro atoms. The number of halogens is 1. The summed E-state index contributed by atoms with van der Waals surface area (Å²) in [6.07, 6.45) is -1.11. The second kappa shape index (κ2) is 10.2. The average Bonchev–Trinajstić information content (AvgIpc) is 3.16. The van der Waals surface area contributed by atoms with Gasteiger partial charge in [-0.05, 0) is 17.2 Å². The molecule has 2 atom stereocenters. The molecule has 1 fully saturated rings. The molecule has 2 amide bonds. The predicted molar refractivity (Wildman–Crippen MR) is 110 cm³/mol. The number of aliphatic hydroxyl groups is 1. The molecular formula is C23H25FN2O5. The first-order valence-corrected chi connectivity index (χ1v) is 10.0. The third-order valence-corrected chi connectivity index (χ3v) is 5.20. The van der Waals surface area contributed by atoms with Gasteiger partial charge in [-0.2, -0.15) is 0 Å². The number of ether oxygens (including phenoxy) is 1. The summed E-state index contributed by atoms with van der Waals surface area (Å²) in [7, 11) is 1.60. The van der Waals surface area contributed by atoms with E-state index in [9.17, 15) is 23.9 Å². The van der Waals surface area contributed by atoms with Gasteiger partial charge in [-0.1, -0.05) is 48.5 Å². The topological polar surface area (TPSA) is 87.2 Å². The van der Waals surface area contributed by atoms with Crippen molar-refractivity contribution in [2.24, 2.45) is 0 Å². The third kappa shape index (κ3) is 5.88. The minimum Gasteiger partial charge on any atom is -0.454 e. The molecule has 2 aromatic carbocycles. The minimum atomic E-state index is -1.01. The summed E-state index contributed by atoms with van der Waals surface area (Å²) in [5, 5.41) is 9.97. The second-order valence-corrected chi connectivity index (χ2v) is 7.56. The quantitative estimate of drug-likeness (QED) is 0.676. The molecule has 0 aliphatic carbocycles. The van der Waals surface area contributed by atoms with Gasteiger partial charge >= 0.3 is 5.97 Å². The normalized spacial score (nSPS) is 18.0. The standard InChI is InChI=1S/C23H25FN2O5/c1-25(13-16-7-3-2-4-8-16)22(29)15-31-23(30)20-12-18(27)14-26(20)21(28)11-17-9-5-6-10-19(17)24/h2-10,18,20,27H,11-15H2,1H3. The molecule has 2 aromatic rings. The summed E-state index contributed by atoms with van der Waals surface area (Å²) in [5.41, 5.74) is 1.15. The van der Waals surface area contributed by atoms with Crippen LogP contribution >= 0.6 is 0 Å². The molecule has 8 heteroatoms. The SMILES string of the molecule is CN(Cc1ccccc1)C(=O)COC(=O)C1CC(O)CN1C(=O)Cc1ccccc1F. The highest BCUT2D eigenvalue weighted by molar-refractivity contribution is 5.88. The van der Waals surface area contributed by atoms with E-state index in [1.54, 1.807) is 13.1 Å². The molecule has 1 saturated heterocycles. The van der Waals surface area contributed by atoms with Crippen LogP contribution in [-0.4, -0.2) is 65.0 Å². The van der Waals surface area contributed by atoms with Gasteiger partial charge in [0.25, 0.3) is 5.91 Å². The van der Waals surface area contributed by atoms with Gasteiger partial charge in [0.2, 0.25) is 5.91 Å². The van der Waals surface area contributed by atoms with Crippen LogP contribution < -0.4 is 0 Å². The van der Waals surface area contributed by atoms with Crippen molar-refractivity contribution in [2.45, 2.75) is 31.5 Å². The molecule has 1 N–H and O–H groups in total. The Morgan fingerprint density at radius 3 is 2.52 bits per heavy atom. The molecule has 1 heterocycles. The largest absolute Gasteiger partial charge is 0.454 e. The van der Waals surface area contributed by atoms with Crippen molar-refractivity contribution in [3.8, 4) is 0 Å². The van der Waals surface area contributed by atoms with E-state index < -0.39 is 36.4 Å². The van der Waals surface area contributed by atoms with Crippen LogP contribution in [0.1, 0.15) is 17.5 Å². The lowest BCUT2D eigenvalue weighted by Gasteiger charge is -2.24. The van der Waals surface area contributed by atoms with E-state index in [1.807, 2.05) is 30.3 Å². The average molecular weight is 428 g/mol. The lowest BCUT2D eigenvalue weighted by Crippen LogP contribution is -2.43. The summed E-state index contributed by atoms with van der Waals surface area (Å²) in [4.78, 5) is 40.1. The van der Waals surface area contributed by atoms with E-state index in [1.165, 1.54) is 28.0 Å². The molecule has 3 rings (SSSR count). The van der Waals surface area contributed by atoms with Crippen molar-refractivity contribution in [1.29, 1.82) is 0 Å². The number of carbonyl (C=O) groups is 3. The summed E-state index contributed by atoms with van der Waals surface area (Å²) in [5.74, 6) is -2.15. The molecule has 1 aliphatic rings. The van der Waals surface area contributed by atoms with Crippen LogP contribution in [0.25, 0.3) is 0 Å². The molecule has 0 saturated carbocycles. The summed E-state index contributed by atoms with van der Waals surface area (Å²) < 4.78 is 19.0. The molecular weight excluding hydrogens is 403 g/mol. The van der Waals surface area contributed by atoms with Gasteiger partial charge in [0.1, 0.15) is 11.9 Å². The molecule has 1 aliphatic heterocycles. The van der Waals surface area contributed by atoms with Gasteiger partial charge in [0, 0.05) is 26.6 Å². The number of hydrogen-bond donors (Lipinski definition) is 1. The van der Waals surface area contributed by atoms with Crippen LogP contribution in [-0.2, 0) is 32.1 Å². The number of benzene rings is 2. The molecule has 0 radical (unpaired) electrons. The van der Waals surface area contributed by atoms with Crippen molar-refractivity contribution < 1.29 is 28.6 Å². The Kier molecular flexibility index (Phi) is 7.36. The van der Waals surface area contributed by atoms with Gasteiger partial charge in [0.05, 0.1) is 12.5 Å². The highest BCUT2D eigenvalue weighted by Gasteiger charge is 2.40. The van der Waals surface area contributed by atoms with Crippen molar-refractivity contribution in [1.82, 2.24) is 9.80 Å². The highest BCUT2D eigenvalue weighted by Crippen LogP contribution is 2.21. The highest BCUT2D eigenvalue weighted by atomic mass is 19.1. The number of hydrogen-bond acceptors (Lipinski definition) is 5. The Hall–Kier alpha value is -3.26. The minimum absolute atomic E-state index is 0.00981. The fourth-order valence-corrected chi connectivity index (χ4v) is 3.50. The summed E-state index contributed by atoms with van der Waals surface area (Å²) >= 11 is 0. The first-order valence-electron chi connectivity index (χ1n) is 10.0. The smallest absolute Gasteiger partial charge is 0.329 e. The number of β-amino-alcohol motifs (C(OH)–C–C–N with tert-alkyl or cyclic N) is 1. The van der Waals surface area contributed by atoms with Crippen molar-refractivity contribution in [2.75, 3.05) is 20.2 Å². The number of aliphatic hydroxyl groups excluding tert-OH is 1. The zero-order valence-corrected chi connectivity index (χ0v) is 17.2. The number of rotatable bonds is 7. The van der Waals surface area contributed by atoms with Gasteiger partial charge in [-0.3, -0.25) is 9.59 Å². The van der Waals surface area contributed by atoms with E-state index >= 15 is 0 Å². The Morgan fingerprint density at radius 2 is 1.81 bits per heavy atom. The summed E-state index contributed by atoms with van der Waals surface area (Å²) in [6.45, 7) is -0.147. The van der Waals surface area contributed by atoms with Crippen LogP contribution in [0.5, 0.6) is 0 Å². The molecule has 0 aromatic heterocycles. The van der Waals surface area contributed by atoms with E-state index in [0.717, 1.165) is 5.56 Å². The van der Waals surface area contributed by atoms with Gasteiger partial charge in [-0.25, -0.2) is 9.18 Å². The fraction of sp³-hybridized carbons (Fsp3) is 0.348. The first-order chi connectivity index (χ1) is 14.8.